The Morgan fingerprint density at radius 2 is 2.00 bits per heavy atom. The third-order valence-corrected chi connectivity index (χ3v) is 4.79. The summed E-state index contributed by atoms with van der Waals surface area (Å²) in [6, 6.07) is 7.36. The van der Waals surface area contributed by atoms with Crippen LogP contribution in [-0.4, -0.2) is 31.6 Å². The van der Waals surface area contributed by atoms with E-state index in [9.17, 15) is 13.2 Å². The van der Waals surface area contributed by atoms with Crippen molar-refractivity contribution in [3.05, 3.63) is 41.7 Å². The van der Waals surface area contributed by atoms with Crippen LogP contribution in [0.2, 0.25) is 0 Å². The molecule has 3 rings (SSSR count). The predicted octanol–water partition coefficient (Wildman–Crippen LogP) is 1.41. The summed E-state index contributed by atoms with van der Waals surface area (Å²) in [4.78, 5) is 12.0. The van der Waals surface area contributed by atoms with Crippen LogP contribution in [0.15, 0.2) is 35.2 Å². The molecule has 1 aliphatic carbocycles. The second-order valence-corrected chi connectivity index (χ2v) is 6.78. The van der Waals surface area contributed by atoms with Crippen LogP contribution in [0.1, 0.15) is 34.9 Å². The number of H-pyrrole nitrogens is 1. The van der Waals surface area contributed by atoms with Crippen molar-refractivity contribution in [1.82, 2.24) is 14.9 Å². The second kappa shape index (κ2) is 5.45. The first-order chi connectivity index (χ1) is 10.5. The predicted molar refractivity (Wildman–Crippen MR) is 78.2 cm³/mol. The quantitative estimate of drug-likeness (QED) is 0.867. The Hall–Kier alpha value is -2.35. The highest BCUT2D eigenvalue weighted by atomic mass is 32.2. The summed E-state index contributed by atoms with van der Waals surface area (Å²) in [5.41, 5.74) is 0.936. The summed E-state index contributed by atoms with van der Waals surface area (Å²) in [5, 5.41) is 6.63. The Labute approximate surface area is 127 Å². The molecule has 2 N–H and O–H groups in total. The Kier molecular flexibility index (Phi) is 3.61. The van der Waals surface area contributed by atoms with Gasteiger partial charge in [-0.15, -0.1) is 0 Å². The fourth-order valence-electron chi connectivity index (χ4n) is 2.04. The van der Waals surface area contributed by atoms with Gasteiger partial charge in [0, 0.05) is 11.6 Å². The summed E-state index contributed by atoms with van der Waals surface area (Å²) in [5.74, 6) is 0.192. The summed E-state index contributed by atoms with van der Waals surface area (Å²) in [6.07, 6.45) is 2.13. The number of aromatic nitrogens is 2. The van der Waals surface area contributed by atoms with Crippen LogP contribution >= 0.6 is 0 Å². The zero-order valence-electron chi connectivity index (χ0n) is 11.9. The van der Waals surface area contributed by atoms with Crippen molar-refractivity contribution in [2.45, 2.75) is 23.7 Å². The van der Waals surface area contributed by atoms with E-state index in [-0.39, 0.29) is 10.6 Å². The van der Waals surface area contributed by atoms with Gasteiger partial charge in [-0.2, -0.15) is 5.10 Å². The van der Waals surface area contributed by atoms with E-state index < -0.39 is 15.9 Å². The molecule has 1 amide bonds. The molecule has 116 valence electrons. The lowest BCUT2D eigenvalue weighted by Crippen LogP contribution is -2.30. The lowest BCUT2D eigenvalue weighted by Gasteiger charge is -2.06. The molecule has 8 heteroatoms. The third kappa shape index (κ3) is 2.96. The molecule has 1 saturated carbocycles. The number of sulfonamides is 1. The van der Waals surface area contributed by atoms with Crippen LogP contribution < -0.4 is 9.46 Å². The molecule has 0 spiro atoms. The number of aromatic amines is 1. The van der Waals surface area contributed by atoms with Crippen LogP contribution in [0.25, 0.3) is 0 Å². The average Bonchev–Trinajstić information content (AvgIpc) is 3.24. The SMILES string of the molecule is COc1ccc(S(=O)(=O)NC(=O)c2cc(C3CC3)[nH]n2)cc1. The van der Waals surface area contributed by atoms with Gasteiger partial charge in [-0.25, -0.2) is 13.1 Å². The molecule has 0 aliphatic heterocycles. The minimum absolute atomic E-state index is 0.0143. The van der Waals surface area contributed by atoms with Crippen molar-refractivity contribution < 1.29 is 17.9 Å². The van der Waals surface area contributed by atoms with Crippen molar-refractivity contribution in [1.29, 1.82) is 0 Å². The largest absolute Gasteiger partial charge is 0.497 e. The summed E-state index contributed by atoms with van der Waals surface area (Å²) < 4.78 is 31.3. The van der Waals surface area contributed by atoms with Gasteiger partial charge in [0.1, 0.15) is 5.75 Å². The number of nitrogens with one attached hydrogen (secondary N) is 2. The first kappa shape index (κ1) is 14.6. The molecule has 0 bridgehead atoms. The molecule has 7 nitrogen and oxygen atoms in total. The number of benzene rings is 1. The van der Waals surface area contributed by atoms with Gasteiger partial charge in [-0.3, -0.25) is 9.89 Å². The number of ether oxygens (including phenoxy) is 1. The Morgan fingerprint density at radius 3 is 2.59 bits per heavy atom. The van der Waals surface area contributed by atoms with Gasteiger partial charge >= 0.3 is 0 Å². The van der Waals surface area contributed by atoms with Crippen molar-refractivity contribution >= 4 is 15.9 Å². The highest BCUT2D eigenvalue weighted by molar-refractivity contribution is 7.90. The molecule has 1 aromatic carbocycles. The van der Waals surface area contributed by atoms with Gasteiger partial charge < -0.3 is 4.74 Å². The zero-order valence-corrected chi connectivity index (χ0v) is 12.7. The smallest absolute Gasteiger partial charge is 0.285 e. The summed E-state index contributed by atoms with van der Waals surface area (Å²) >= 11 is 0. The standard InChI is InChI=1S/C14H15N3O4S/c1-21-10-4-6-11(7-5-10)22(19,20)17-14(18)13-8-12(15-16-13)9-2-3-9/h4-9H,2-3H2,1H3,(H,15,16)(H,17,18). The maximum atomic E-state index is 12.2. The highest BCUT2D eigenvalue weighted by Crippen LogP contribution is 2.38. The zero-order chi connectivity index (χ0) is 15.7. The minimum atomic E-state index is -3.94. The Balaban J connectivity index is 1.75. The highest BCUT2D eigenvalue weighted by Gasteiger charge is 2.27. The molecule has 1 aromatic heterocycles. The number of carbonyl (C=O) groups is 1. The molecule has 0 saturated heterocycles. The van der Waals surface area contributed by atoms with Gasteiger partial charge in [-0.1, -0.05) is 0 Å². The molecule has 0 unspecified atom stereocenters. The molecular formula is C14H15N3O4S. The Morgan fingerprint density at radius 1 is 1.32 bits per heavy atom. The van der Waals surface area contributed by atoms with Gasteiger partial charge in [0.15, 0.2) is 5.69 Å². The lowest BCUT2D eigenvalue weighted by atomic mass is 10.2. The number of hydrogen-bond acceptors (Lipinski definition) is 5. The fraction of sp³-hybridized carbons (Fsp3) is 0.286. The van der Waals surface area contributed by atoms with E-state index in [0.717, 1.165) is 18.5 Å². The molecule has 1 heterocycles. The van der Waals surface area contributed by atoms with Crippen molar-refractivity contribution in [2.24, 2.45) is 0 Å². The van der Waals surface area contributed by atoms with Gasteiger partial charge in [-0.05, 0) is 43.2 Å². The number of amides is 1. The van der Waals surface area contributed by atoms with Crippen molar-refractivity contribution in [2.75, 3.05) is 7.11 Å². The van der Waals surface area contributed by atoms with Crippen LogP contribution in [0.4, 0.5) is 0 Å². The molecule has 1 fully saturated rings. The average molecular weight is 321 g/mol. The van der Waals surface area contributed by atoms with Gasteiger partial charge in [0.2, 0.25) is 0 Å². The minimum Gasteiger partial charge on any atom is -0.497 e. The summed E-state index contributed by atoms with van der Waals surface area (Å²) in [7, 11) is -2.45. The third-order valence-electron chi connectivity index (χ3n) is 3.44. The maximum absolute atomic E-state index is 12.2. The van der Waals surface area contributed by atoms with Gasteiger partial charge in [0.05, 0.1) is 12.0 Å². The second-order valence-electron chi connectivity index (χ2n) is 5.09. The lowest BCUT2D eigenvalue weighted by molar-refractivity contribution is 0.0976. The van der Waals surface area contributed by atoms with Crippen LogP contribution in [0.5, 0.6) is 5.75 Å². The fourth-order valence-corrected chi connectivity index (χ4v) is 3.01. The normalized spacial score (nSPS) is 14.6. The van der Waals surface area contributed by atoms with E-state index in [1.54, 1.807) is 6.07 Å². The van der Waals surface area contributed by atoms with E-state index in [2.05, 4.69) is 10.2 Å². The van der Waals surface area contributed by atoms with E-state index in [1.165, 1.54) is 31.4 Å². The molecule has 1 aliphatic rings. The van der Waals surface area contributed by atoms with Crippen LogP contribution in [0, 0.1) is 0 Å². The first-order valence-corrected chi connectivity index (χ1v) is 8.24. The molecule has 0 radical (unpaired) electrons. The maximum Gasteiger partial charge on any atom is 0.285 e. The van der Waals surface area contributed by atoms with Crippen molar-refractivity contribution in [3.8, 4) is 5.75 Å². The topological polar surface area (TPSA) is 101 Å². The monoisotopic (exact) mass is 321 g/mol. The van der Waals surface area contributed by atoms with E-state index >= 15 is 0 Å². The number of rotatable bonds is 5. The van der Waals surface area contributed by atoms with Crippen LogP contribution in [0.3, 0.4) is 0 Å². The molecular weight excluding hydrogens is 306 g/mol. The first-order valence-electron chi connectivity index (χ1n) is 6.76. The van der Waals surface area contributed by atoms with E-state index in [1.807, 2.05) is 4.72 Å². The number of methoxy groups -OCH3 is 1. The number of carbonyl (C=O) groups excluding carboxylic acids is 1. The van der Waals surface area contributed by atoms with E-state index in [4.69, 9.17) is 4.74 Å². The van der Waals surface area contributed by atoms with Crippen molar-refractivity contribution in [3.63, 3.8) is 0 Å². The summed E-state index contributed by atoms with van der Waals surface area (Å²) in [6.45, 7) is 0. The molecule has 2 aromatic rings. The Bertz CT molecular complexity index is 792. The van der Waals surface area contributed by atoms with E-state index in [0.29, 0.717) is 11.7 Å². The van der Waals surface area contributed by atoms with Crippen LogP contribution in [-0.2, 0) is 10.0 Å². The van der Waals surface area contributed by atoms with Gasteiger partial charge in [0.25, 0.3) is 15.9 Å². The molecule has 0 atom stereocenters. The number of nitrogens with zero attached hydrogens (tertiary/aromatic N) is 1. The molecule has 22 heavy (non-hydrogen) atoms. The number of hydrogen-bond donors (Lipinski definition) is 2.